The molecular formula is C15H27N3O. The maximum atomic E-state index is 12.2. The SMILES string of the molecule is CN(CCNC(=O)C1CC2CCCCC2N1)C1CC1. The summed E-state index contributed by atoms with van der Waals surface area (Å²) < 4.78 is 0. The van der Waals surface area contributed by atoms with Crippen LogP contribution >= 0.6 is 0 Å². The zero-order chi connectivity index (χ0) is 13.2. The van der Waals surface area contributed by atoms with Gasteiger partial charge < -0.3 is 15.5 Å². The minimum Gasteiger partial charge on any atom is -0.353 e. The zero-order valence-electron chi connectivity index (χ0n) is 12.0. The van der Waals surface area contributed by atoms with E-state index in [4.69, 9.17) is 0 Å². The summed E-state index contributed by atoms with van der Waals surface area (Å²) in [5.74, 6) is 0.970. The normalized spacial score (nSPS) is 34.3. The molecule has 4 heteroatoms. The standard InChI is InChI=1S/C15H27N3O/c1-18(12-6-7-12)9-8-16-15(19)14-10-11-4-2-3-5-13(11)17-14/h11-14,17H,2-10H2,1H3,(H,16,19). The third kappa shape index (κ3) is 3.29. The fourth-order valence-corrected chi connectivity index (χ4v) is 3.70. The average Bonchev–Trinajstić information content (AvgIpc) is 3.17. The molecule has 0 aromatic rings. The van der Waals surface area contributed by atoms with Crippen molar-refractivity contribution in [2.45, 2.75) is 63.1 Å². The molecule has 0 radical (unpaired) electrons. The molecule has 3 atom stereocenters. The summed E-state index contributed by atoms with van der Waals surface area (Å²) in [7, 11) is 2.16. The van der Waals surface area contributed by atoms with Crippen LogP contribution in [0, 0.1) is 5.92 Å². The molecule has 0 spiro atoms. The highest BCUT2D eigenvalue weighted by Gasteiger charge is 2.38. The molecule has 1 amide bonds. The van der Waals surface area contributed by atoms with Crippen molar-refractivity contribution in [2.75, 3.05) is 20.1 Å². The lowest BCUT2D eigenvalue weighted by Crippen LogP contribution is -2.45. The summed E-state index contributed by atoms with van der Waals surface area (Å²) in [5, 5.41) is 6.64. The van der Waals surface area contributed by atoms with Crippen molar-refractivity contribution in [1.29, 1.82) is 0 Å². The quantitative estimate of drug-likeness (QED) is 0.783. The lowest BCUT2D eigenvalue weighted by Gasteiger charge is -2.24. The van der Waals surface area contributed by atoms with E-state index in [-0.39, 0.29) is 11.9 Å². The smallest absolute Gasteiger partial charge is 0.237 e. The molecule has 1 aliphatic heterocycles. The van der Waals surface area contributed by atoms with Crippen molar-refractivity contribution in [3.05, 3.63) is 0 Å². The molecule has 4 nitrogen and oxygen atoms in total. The van der Waals surface area contributed by atoms with E-state index in [1.165, 1.54) is 38.5 Å². The van der Waals surface area contributed by atoms with E-state index in [0.29, 0.717) is 6.04 Å². The first kappa shape index (κ1) is 13.4. The Balaban J connectivity index is 1.38. The Hall–Kier alpha value is -0.610. The summed E-state index contributed by atoms with van der Waals surface area (Å²) in [4.78, 5) is 14.5. The van der Waals surface area contributed by atoms with Crippen LogP contribution in [0.5, 0.6) is 0 Å². The van der Waals surface area contributed by atoms with Crippen molar-refractivity contribution in [1.82, 2.24) is 15.5 Å². The van der Waals surface area contributed by atoms with Gasteiger partial charge >= 0.3 is 0 Å². The average molecular weight is 265 g/mol. The Morgan fingerprint density at radius 1 is 1.26 bits per heavy atom. The lowest BCUT2D eigenvalue weighted by molar-refractivity contribution is -0.122. The van der Waals surface area contributed by atoms with Gasteiger partial charge in [-0.1, -0.05) is 12.8 Å². The van der Waals surface area contributed by atoms with Gasteiger partial charge in [-0.15, -0.1) is 0 Å². The summed E-state index contributed by atoms with van der Waals surface area (Å²) in [6.07, 6.45) is 8.97. The van der Waals surface area contributed by atoms with Crippen molar-refractivity contribution in [3.8, 4) is 0 Å². The minimum atomic E-state index is 0.0688. The molecule has 3 unspecified atom stereocenters. The third-order valence-corrected chi connectivity index (χ3v) is 5.11. The van der Waals surface area contributed by atoms with E-state index >= 15 is 0 Å². The molecule has 19 heavy (non-hydrogen) atoms. The second-order valence-electron chi connectivity index (χ2n) is 6.61. The minimum absolute atomic E-state index is 0.0688. The monoisotopic (exact) mass is 265 g/mol. The number of nitrogens with zero attached hydrogens (tertiary/aromatic N) is 1. The Bertz CT molecular complexity index is 315. The van der Waals surface area contributed by atoms with Gasteiger partial charge in [0.2, 0.25) is 5.91 Å². The van der Waals surface area contributed by atoms with Gasteiger partial charge in [0.15, 0.2) is 0 Å². The third-order valence-electron chi connectivity index (χ3n) is 5.11. The van der Waals surface area contributed by atoms with Crippen molar-refractivity contribution >= 4 is 5.91 Å². The Kier molecular flexibility index (Phi) is 4.08. The van der Waals surface area contributed by atoms with Gasteiger partial charge in [0.1, 0.15) is 0 Å². The predicted octanol–water partition coefficient (Wildman–Crippen LogP) is 1.12. The van der Waals surface area contributed by atoms with Crippen molar-refractivity contribution in [2.24, 2.45) is 5.92 Å². The highest BCUT2D eigenvalue weighted by Crippen LogP contribution is 2.33. The van der Waals surface area contributed by atoms with E-state index in [2.05, 4.69) is 22.6 Å². The van der Waals surface area contributed by atoms with Gasteiger partial charge in [-0.2, -0.15) is 0 Å². The molecule has 108 valence electrons. The molecule has 3 fully saturated rings. The van der Waals surface area contributed by atoms with E-state index in [1.54, 1.807) is 0 Å². The number of carbonyl (C=O) groups excluding carboxylic acids is 1. The van der Waals surface area contributed by atoms with Crippen LogP contribution in [0.1, 0.15) is 44.9 Å². The van der Waals surface area contributed by atoms with Gasteiger partial charge in [-0.3, -0.25) is 4.79 Å². The number of carbonyl (C=O) groups is 1. The molecule has 0 bridgehead atoms. The first-order chi connectivity index (χ1) is 9.24. The van der Waals surface area contributed by atoms with Crippen molar-refractivity contribution < 1.29 is 4.79 Å². The van der Waals surface area contributed by atoms with Crippen LogP contribution < -0.4 is 10.6 Å². The number of rotatable bonds is 5. The molecule has 2 N–H and O–H groups in total. The molecule has 0 aromatic heterocycles. The van der Waals surface area contributed by atoms with Crippen molar-refractivity contribution in [3.63, 3.8) is 0 Å². The summed E-state index contributed by atoms with van der Waals surface area (Å²) in [6, 6.07) is 1.46. The van der Waals surface area contributed by atoms with Crippen LogP contribution in [0.4, 0.5) is 0 Å². The van der Waals surface area contributed by atoms with Crippen LogP contribution in [-0.2, 0) is 4.79 Å². The molecule has 1 saturated heterocycles. The number of hydrogen-bond acceptors (Lipinski definition) is 3. The second-order valence-corrected chi connectivity index (χ2v) is 6.61. The number of nitrogens with one attached hydrogen (secondary N) is 2. The summed E-state index contributed by atoms with van der Waals surface area (Å²) in [5.41, 5.74) is 0. The maximum absolute atomic E-state index is 12.2. The highest BCUT2D eigenvalue weighted by atomic mass is 16.2. The molecule has 0 aromatic carbocycles. The van der Waals surface area contributed by atoms with Gasteiger partial charge in [-0.25, -0.2) is 0 Å². The van der Waals surface area contributed by atoms with Gasteiger partial charge in [0, 0.05) is 25.2 Å². The first-order valence-corrected chi connectivity index (χ1v) is 7.98. The van der Waals surface area contributed by atoms with Crippen LogP contribution in [0.2, 0.25) is 0 Å². The molecular weight excluding hydrogens is 238 g/mol. The maximum Gasteiger partial charge on any atom is 0.237 e. The Labute approximate surface area is 116 Å². The highest BCUT2D eigenvalue weighted by molar-refractivity contribution is 5.82. The summed E-state index contributed by atoms with van der Waals surface area (Å²) >= 11 is 0. The number of fused-ring (bicyclic) bond motifs is 1. The Morgan fingerprint density at radius 2 is 2.05 bits per heavy atom. The fraction of sp³-hybridized carbons (Fsp3) is 0.933. The van der Waals surface area contributed by atoms with Gasteiger partial charge in [-0.05, 0) is 45.1 Å². The first-order valence-electron chi connectivity index (χ1n) is 7.98. The Morgan fingerprint density at radius 3 is 2.79 bits per heavy atom. The van der Waals surface area contributed by atoms with E-state index < -0.39 is 0 Å². The molecule has 3 rings (SSSR count). The molecule has 2 aliphatic carbocycles. The van der Waals surface area contributed by atoms with Gasteiger partial charge in [0.25, 0.3) is 0 Å². The van der Waals surface area contributed by atoms with Crippen LogP contribution in [-0.4, -0.2) is 49.1 Å². The van der Waals surface area contributed by atoms with Gasteiger partial charge in [0.05, 0.1) is 6.04 Å². The molecule has 2 saturated carbocycles. The largest absolute Gasteiger partial charge is 0.353 e. The number of likely N-dealkylation sites (N-methyl/N-ethyl adjacent to an activating group) is 1. The second kappa shape index (κ2) is 5.80. The fourth-order valence-electron chi connectivity index (χ4n) is 3.70. The van der Waals surface area contributed by atoms with E-state index in [1.807, 2.05) is 0 Å². The molecule has 1 heterocycles. The van der Waals surface area contributed by atoms with E-state index in [9.17, 15) is 4.79 Å². The van der Waals surface area contributed by atoms with E-state index in [0.717, 1.165) is 31.5 Å². The number of hydrogen-bond donors (Lipinski definition) is 2. The molecule has 3 aliphatic rings. The van der Waals surface area contributed by atoms with Crippen LogP contribution in [0.25, 0.3) is 0 Å². The van der Waals surface area contributed by atoms with Crippen LogP contribution in [0.3, 0.4) is 0 Å². The topological polar surface area (TPSA) is 44.4 Å². The number of amides is 1. The zero-order valence-corrected chi connectivity index (χ0v) is 12.0. The summed E-state index contributed by atoms with van der Waals surface area (Å²) in [6.45, 7) is 1.77. The lowest BCUT2D eigenvalue weighted by atomic mass is 9.85. The predicted molar refractivity (Wildman–Crippen MR) is 75.9 cm³/mol. The van der Waals surface area contributed by atoms with Crippen LogP contribution in [0.15, 0.2) is 0 Å².